The number of benzene rings is 1. The summed E-state index contributed by atoms with van der Waals surface area (Å²) in [6.45, 7) is -0.763. The number of carboxylic acids is 1. The second-order valence-corrected chi connectivity index (χ2v) is 13.4. The van der Waals surface area contributed by atoms with Crippen molar-refractivity contribution >= 4 is 53.2 Å². The van der Waals surface area contributed by atoms with Crippen molar-refractivity contribution in [2.24, 2.45) is 11.5 Å². The molecule has 1 fully saturated rings. The van der Waals surface area contributed by atoms with Gasteiger partial charge in [-0.05, 0) is 44.6 Å². The fourth-order valence-corrected chi connectivity index (χ4v) is 5.64. The van der Waals surface area contributed by atoms with Crippen LogP contribution in [-0.2, 0) is 49.6 Å². The van der Waals surface area contributed by atoms with Crippen LogP contribution in [0, 0.1) is 0 Å². The second kappa shape index (κ2) is 24.0. The lowest BCUT2D eigenvalue weighted by molar-refractivity contribution is -0.137. The number of hydrogen-bond donors (Lipinski definition) is 13. The summed E-state index contributed by atoms with van der Waals surface area (Å²) in [5, 5.41) is 56.3. The first kappa shape index (κ1) is 47.4. The molecule has 320 valence electrons. The minimum Gasteiger partial charge on any atom is -0.481 e. The number of hydrogen-bond acceptors (Lipinski definition) is 13. The highest BCUT2D eigenvalue weighted by Gasteiger charge is 2.35. The smallest absolute Gasteiger partial charge is 0.303 e. The van der Waals surface area contributed by atoms with E-state index in [0.29, 0.717) is 5.56 Å². The Hall–Kier alpha value is -5.71. The van der Waals surface area contributed by atoms with Crippen molar-refractivity contribution in [1.29, 1.82) is 0 Å². The van der Waals surface area contributed by atoms with Gasteiger partial charge in [-0.25, -0.2) is 0 Å². The van der Waals surface area contributed by atoms with Crippen LogP contribution < -0.4 is 48.7 Å². The van der Waals surface area contributed by atoms with Crippen LogP contribution in [0.4, 0.5) is 0 Å². The van der Waals surface area contributed by atoms with Gasteiger partial charge in [-0.2, -0.15) is 0 Å². The third-order valence-electron chi connectivity index (χ3n) is 8.88. The van der Waals surface area contributed by atoms with Crippen LogP contribution in [0.15, 0.2) is 30.3 Å². The molecule has 1 aliphatic rings. The summed E-state index contributed by atoms with van der Waals surface area (Å²) in [5.41, 5.74) is 11.6. The summed E-state index contributed by atoms with van der Waals surface area (Å²) in [6, 6.07) is -1.94. The number of carbonyl (C=O) groups excluding carboxylic acids is 8. The number of amides is 8. The predicted molar refractivity (Wildman–Crippen MR) is 202 cm³/mol. The van der Waals surface area contributed by atoms with E-state index in [4.69, 9.17) is 16.6 Å². The highest BCUT2D eigenvalue weighted by molar-refractivity contribution is 5.97. The number of nitrogens with one attached hydrogen (secondary N) is 7. The largest absolute Gasteiger partial charge is 0.481 e. The van der Waals surface area contributed by atoms with Crippen LogP contribution in [0.2, 0.25) is 0 Å². The Bertz CT molecular complexity index is 1590. The van der Waals surface area contributed by atoms with Gasteiger partial charge < -0.3 is 63.8 Å². The normalized spacial score (nSPS) is 22.3. The van der Waals surface area contributed by atoms with E-state index in [1.54, 1.807) is 30.3 Å². The number of aliphatic hydroxyl groups is 3. The van der Waals surface area contributed by atoms with E-state index in [-0.39, 0.29) is 54.3 Å². The molecule has 1 saturated heterocycles. The fraction of sp³-hybridized carbons (Fsp3) is 0.571. The molecule has 22 heteroatoms. The van der Waals surface area contributed by atoms with Gasteiger partial charge in [-0.1, -0.05) is 30.3 Å². The summed E-state index contributed by atoms with van der Waals surface area (Å²) in [5.74, 6) is -8.87. The Morgan fingerprint density at radius 1 is 0.860 bits per heavy atom. The fourth-order valence-electron chi connectivity index (χ4n) is 5.64. The van der Waals surface area contributed by atoms with Crippen molar-refractivity contribution in [3.05, 3.63) is 35.9 Å². The van der Waals surface area contributed by atoms with Crippen LogP contribution in [0.5, 0.6) is 0 Å². The minimum absolute atomic E-state index is 0. The lowest BCUT2D eigenvalue weighted by Gasteiger charge is -2.28. The molecular formula is C35H57N9O13. The minimum atomic E-state index is -1.78. The first-order chi connectivity index (χ1) is 27.0. The van der Waals surface area contributed by atoms with E-state index in [1.807, 2.05) is 0 Å². The van der Waals surface area contributed by atoms with Gasteiger partial charge in [0.2, 0.25) is 47.3 Å². The highest BCUT2D eigenvalue weighted by Crippen LogP contribution is 2.09. The SMILES string of the molecule is C[C@@H](O)[C@@H]1NC(=O)C(N[C@@H](CCC(=O)O)C(N)=O)CCC(=O)NCCCCC(C(=O)N[C@@H](CO)C(=O)N[C@@H](Cc2ccccc2)C(N)=O)NC(=O)[C@H](CO)NC1=O.[HH].[HH]. The van der Waals surface area contributed by atoms with Crippen molar-refractivity contribution in [1.82, 2.24) is 37.2 Å². The summed E-state index contributed by atoms with van der Waals surface area (Å²) in [6.07, 6.45) is -2.69. The van der Waals surface area contributed by atoms with Gasteiger partial charge in [-0.3, -0.25) is 48.5 Å². The van der Waals surface area contributed by atoms with E-state index >= 15 is 0 Å². The van der Waals surface area contributed by atoms with Crippen LogP contribution in [0.25, 0.3) is 0 Å². The zero-order valence-electron chi connectivity index (χ0n) is 31.4. The van der Waals surface area contributed by atoms with Gasteiger partial charge in [0.15, 0.2) is 0 Å². The number of carbonyl (C=O) groups is 9. The van der Waals surface area contributed by atoms with E-state index in [9.17, 15) is 58.5 Å². The molecule has 1 aromatic rings. The Kier molecular flexibility index (Phi) is 20.0. The molecule has 8 amide bonds. The third-order valence-corrected chi connectivity index (χ3v) is 8.88. The first-order valence-electron chi connectivity index (χ1n) is 18.3. The lowest BCUT2D eigenvalue weighted by Crippen LogP contribution is -2.62. The molecule has 0 bridgehead atoms. The number of nitrogens with two attached hydrogens (primary N) is 2. The van der Waals surface area contributed by atoms with E-state index in [2.05, 4.69) is 37.2 Å². The molecular weight excluding hydrogens is 754 g/mol. The van der Waals surface area contributed by atoms with Gasteiger partial charge >= 0.3 is 5.97 Å². The van der Waals surface area contributed by atoms with E-state index in [0.717, 1.165) is 6.92 Å². The standard InChI is InChI=1S/C35H53N9O13.2H2/c1-18(47)28-35(57)43-25(17-46)33(55)40-21(31(53)42-24(16-45)34(56)41-23(30(37)52)15-19-7-3-2-4-8-19)9-5-6-14-38-26(48)12-10-22(32(54)44-28)39-20(29(36)51)11-13-27(49)50;;/h2-4,7-8,18,20-25,28,39,45-47H,5-6,9-17H2,1H3,(H2,36,51)(H2,37,52)(H,38,48)(H,40,55)(H,41,56)(H,42,53)(H,43,57)(H,44,54)(H,49,50);2*1H/t18-,20+,21?,22?,23+,24+,25+,28+;;/m1../s1. The molecule has 1 aromatic carbocycles. The van der Waals surface area contributed by atoms with Gasteiger partial charge in [0, 0.05) is 28.7 Å². The molecule has 0 spiro atoms. The van der Waals surface area contributed by atoms with Crippen molar-refractivity contribution in [3.63, 3.8) is 0 Å². The number of primary amides is 2. The van der Waals surface area contributed by atoms with Crippen LogP contribution in [-0.4, -0.2) is 142 Å². The maximum atomic E-state index is 13.5. The maximum absolute atomic E-state index is 13.5. The van der Waals surface area contributed by atoms with Gasteiger partial charge in [0.1, 0.15) is 30.2 Å². The molecule has 8 atom stereocenters. The average Bonchev–Trinajstić information content (AvgIpc) is 3.15. The number of aliphatic carboxylic acids is 1. The third kappa shape index (κ3) is 16.5. The van der Waals surface area contributed by atoms with Crippen molar-refractivity contribution in [2.45, 2.75) is 107 Å². The molecule has 0 saturated carbocycles. The van der Waals surface area contributed by atoms with Crippen molar-refractivity contribution < 1.29 is 66.4 Å². The number of rotatable bonds is 16. The molecule has 15 N–H and O–H groups in total. The summed E-state index contributed by atoms with van der Waals surface area (Å²) in [7, 11) is 0. The van der Waals surface area contributed by atoms with E-state index in [1.165, 1.54) is 0 Å². The van der Waals surface area contributed by atoms with Gasteiger partial charge in [0.05, 0.1) is 31.4 Å². The molecule has 0 aromatic heterocycles. The Balaban J connectivity index is 0.0000168. The highest BCUT2D eigenvalue weighted by atomic mass is 16.4. The predicted octanol–water partition coefficient (Wildman–Crippen LogP) is -5.25. The molecule has 2 rings (SSSR count). The van der Waals surface area contributed by atoms with Gasteiger partial charge in [-0.15, -0.1) is 0 Å². The zero-order chi connectivity index (χ0) is 42.7. The monoisotopic (exact) mass is 811 g/mol. The summed E-state index contributed by atoms with van der Waals surface area (Å²) >= 11 is 0. The maximum Gasteiger partial charge on any atom is 0.303 e. The second-order valence-electron chi connectivity index (χ2n) is 13.4. The van der Waals surface area contributed by atoms with Crippen molar-refractivity contribution in [2.75, 3.05) is 19.8 Å². The number of carboxylic acid groups (broad SMARTS) is 1. The lowest BCUT2D eigenvalue weighted by atomic mass is 10.0. The van der Waals surface area contributed by atoms with Crippen molar-refractivity contribution in [3.8, 4) is 0 Å². The summed E-state index contributed by atoms with van der Waals surface area (Å²) < 4.78 is 0. The summed E-state index contributed by atoms with van der Waals surface area (Å²) in [4.78, 5) is 115. The molecule has 1 aliphatic heterocycles. The molecule has 0 radical (unpaired) electrons. The average molecular weight is 812 g/mol. The number of aliphatic hydroxyl groups excluding tert-OH is 3. The topological polar surface area (TPSA) is 371 Å². The van der Waals surface area contributed by atoms with Gasteiger partial charge in [0.25, 0.3) is 0 Å². The van der Waals surface area contributed by atoms with Crippen LogP contribution >= 0.6 is 0 Å². The molecule has 2 unspecified atom stereocenters. The quantitative estimate of drug-likeness (QED) is 0.0742. The molecule has 1 heterocycles. The van der Waals surface area contributed by atoms with Crippen LogP contribution in [0.1, 0.15) is 60.3 Å². The molecule has 57 heavy (non-hydrogen) atoms. The Labute approximate surface area is 330 Å². The molecule has 22 nitrogen and oxygen atoms in total. The Morgan fingerprint density at radius 2 is 1.53 bits per heavy atom. The Morgan fingerprint density at radius 3 is 2.11 bits per heavy atom. The van der Waals surface area contributed by atoms with E-state index < -0.39 is 121 Å². The molecule has 0 aliphatic carbocycles. The first-order valence-corrected chi connectivity index (χ1v) is 18.3. The van der Waals surface area contributed by atoms with Crippen LogP contribution in [0.3, 0.4) is 0 Å². The zero-order valence-corrected chi connectivity index (χ0v) is 31.4.